The highest BCUT2D eigenvalue weighted by Gasteiger charge is 2.32. The molecular formula is C17H15ClO3. The average molecular weight is 303 g/mol. The molecule has 0 spiro atoms. The van der Waals surface area contributed by atoms with Gasteiger partial charge in [0.05, 0.1) is 12.2 Å². The lowest BCUT2D eigenvalue weighted by molar-refractivity contribution is 0.0697. The molecule has 0 atom stereocenters. The van der Waals surface area contributed by atoms with E-state index >= 15 is 0 Å². The van der Waals surface area contributed by atoms with Crippen molar-refractivity contribution in [1.29, 1.82) is 0 Å². The second-order valence-electron chi connectivity index (χ2n) is 5.88. The first-order valence-corrected chi connectivity index (χ1v) is 7.07. The maximum absolute atomic E-state index is 11.4. The third-order valence-electron chi connectivity index (χ3n) is 3.82. The molecule has 0 aromatic heterocycles. The monoisotopic (exact) mass is 302 g/mol. The van der Waals surface area contributed by atoms with Crippen molar-refractivity contribution in [1.82, 2.24) is 0 Å². The molecule has 3 nitrogen and oxygen atoms in total. The Bertz CT molecular complexity index is 735. The Kier molecular flexibility index (Phi) is 3.18. The molecule has 0 bridgehead atoms. The summed E-state index contributed by atoms with van der Waals surface area (Å²) >= 11 is 6.03. The molecule has 0 saturated heterocycles. The van der Waals surface area contributed by atoms with Gasteiger partial charge < -0.3 is 9.84 Å². The maximum Gasteiger partial charge on any atom is 0.336 e. The molecule has 1 N–H and O–H groups in total. The molecule has 2 aromatic carbocycles. The largest absolute Gasteiger partial charge is 0.492 e. The van der Waals surface area contributed by atoms with E-state index < -0.39 is 5.97 Å². The zero-order chi connectivity index (χ0) is 15.2. The fourth-order valence-corrected chi connectivity index (χ4v) is 2.80. The summed E-state index contributed by atoms with van der Waals surface area (Å²) in [4.78, 5) is 11.4. The van der Waals surface area contributed by atoms with E-state index in [0.717, 1.165) is 16.9 Å². The van der Waals surface area contributed by atoms with Crippen LogP contribution in [0.15, 0.2) is 36.4 Å². The zero-order valence-corrected chi connectivity index (χ0v) is 12.6. The van der Waals surface area contributed by atoms with Gasteiger partial charge in [0.1, 0.15) is 5.75 Å². The first-order valence-electron chi connectivity index (χ1n) is 6.69. The molecule has 3 rings (SSSR count). The van der Waals surface area contributed by atoms with Gasteiger partial charge in [0.15, 0.2) is 0 Å². The molecule has 0 fully saturated rings. The predicted molar refractivity (Wildman–Crippen MR) is 82.4 cm³/mol. The van der Waals surface area contributed by atoms with E-state index in [2.05, 4.69) is 13.8 Å². The second kappa shape index (κ2) is 4.78. The van der Waals surface area contributed by atoms with Gasteiger partial charge >= 0.3 is 5.97 Å². The number of fused-ring (bicyclic) bond motifs is 1. The van der Waals surface area contributed by atoms with E-state index in [1.54, 1.807) is 12.1 Å². The SMILES string of the molecule is CC1(C)COc2ccc(-c3cc(Cl)ccc3C(=O)O)cc21. The number of carboxylic acid groups (broad SMARTS) is 1. The highest BCUT2D eigenvalue weighted by atomic mass is 35.5. The molecule has 108 valence electrons. The summed E-state index contributed by atoms with van der Waals surface area (Å²) in [5, 5.41) is 9.87. The van der Waals surface area contributed by atoms with Crippen molar-refractivity contribution in [3.8, 4) is 16.9 Å². The molecule has 1 aliphatic heterocycles. The van der Waals surface area contributed by atoms with E-state index in [9.17, 15) is 9.90 Å². The lowest BCUT2D eigenvalue weighted by atomic mass is 9.85. The molecule has 0 unspecified atom stereocenters. The van der Waals surface area contributed by atoms with Crippen LogP contribution >= 0.6 is 11.6 Å². The molecular weight excluding hydrogens is 288 g/mol. The Labute approximate surface area is 128 Å². The fourth-order valence-electron chi connectivity index (χ4n) is 2.63. The van der Waals surface area contributed by atoms with E-state index in [4.69, 9.17) is 16.3 Å². The van der Waals surface area contributed by atoms with Crippen molar-refractivity contribution in [2.24, 2.45) is 0 Å². The molecule has 0 amide bonds. The standard InChI is InChI=1S/C17H15ClO3/c1-17(2)9-21-15-6-3-10(7-14(15)17)13-8-11(18)4-5-12(13)16(19)20/h3-8H,9H2,1-2H3,(H,19,20). The molecule has 21 heavy (non-hydrogen) atoms. The normalized spacial score (nSPS) is 15.4. The van der Waals surface area contributed by atoms with Crippen LogP contribution in [0.3, 0.4) is 0 Å². The van der Waals surface area contributed by atoms with Crippen molar-refractivity contribution < 1.29 is 14.6 Å². The van der Waals surface area contributed by atoms with Gasteiger partial charge in [-0.15, -0.1) is 0 Å². The predicted octanol–water partition coefficient (Wildman–Crippen LogP) is 4.38. The number of hydrogen-bond donors (Lipinski definition) is 1. The van der Waals surface area contributed by atoms with Crippen LogP contribution in [0.2, 0.25) is 5.02 Å². The van der Waals surface area contributed by atoms with Crippen LogP contribution < -0.4 is 4.74 Å². The second-order valence-corrected chi connectivity index (χ2v) is 6.31. The van der Waals surface area contributed by atoms with E-state index in [0.29, 0.717) is 17.2 Å². The highest BCUT2D eigenvalue weighted by Crippen LogP contribution is 2.41. The topological polar surface area (TPSA) is 46.5 Å². The van der Waals surface area contributed by atoms with Gasteiger partial charge in [-0.2, -0.15) is 0 Å². The number of aromatic carboxylic acids is 1. The Hall–Kier alpha value is -2.00. The van der Waals surface area contributed by atoms with E-state index in [1.165, 1.54) is 6.07 Å². The number of carbonyl (C=O) groups is 1. The van der Waals surface area contributed by atoms with Crippen LogP contribution in [0, 0.1) is 0 Å². The first-order chi connectivity index (χ1) is 9.88. The third-order valence-corrected chi connectivity index (χ3v) is 4.06. The van der Waals surface area contributed by atoms with Crippen molar-refractivity contribution in [2.45, 2.75) is 19.3 Å². The molecule has 0 saturated carbocycles. The molecule has 0 aliphatic carbocycles. The van der Waals surface area contributed by atoms with Crippen molar-refractivity contribution >= 4 is 17.6 Å². The van der Waals surface area contributed by atoms with Crippen LogP contribution in [0.5, 0.6) is 5.75 Å². The summed E-state index contributed by atoms with van der Waals surface area (Å²) < 4.78 is 5.66. The molecule has 1 heterocycles. The van der Waals surface area contributed by atoms with Crippen LogP contribution in [-0.2, 0) is 5.41 Å². The van der Waals surface area contributed by atoms with Crippen molar-refractivity contribution in [2.75, 3.05) is 6.61 Å². The minimum atomic E-state index is -0.960. The number of hydrogen-bond acceptors (Lipinski definition) is 2. The molecule has 4 heteroatoms. The maximum atomic E-state index is 11.4. The van der Waals surface area contributed by atoms with Gasteiger partial charge in [0.2, 0.25) is 0 Å². The van der Waals surface area contributed by atoms with Gasteiger partial charge in [-0.25, -0.2) is 4.79 Å². The quantitative estimate of drug-likeness (QED) is 0.895. The highest BCUT2D eigenvalue weighted by molar-refractivity contribution is 6.31. The van der Waals surface area contributed by atoms with Crippen molar-refractivity contribution in [3.05, 3.63) is 52.5 Å². The number of carboxylic acids is 1. The fraction of sp³-hybridized carbons (Fsp3) is 0.235. The summed E-state index contributed by atoms with van der Waals surface area (Å²) in [5.41, 5.74) is 2.73. The third kappa shape index (κ3) is 2.38. The molecule has 2 aromatic rings. The summed E-state index contributed by atoms with van der Waals surface area (Å²) in [6, 6.07) is 10.6. The van der Waals surface area contributed by atoms with Crippen LogP contribution in [0.25, 0.3) is 11.1 Å². The van der Waals surface area contributed by atoms with Crippen LogP contribution in [-0.4, -0.2) is 17.7 Å². The van der Waals surface area contributed by atoms with Gasteiger partial charge in [0, 0.05) is 16.0 Å². The Morgan fingerprint density at radius 2 is 2.00 bits per heavy atom. The first kappa shape index (κ1) is 14.0. The summed E-state index contributed by atoms with van der Waals surface area (Å²) in [6.45, 7) is 4.85. The lowest BCUT2D eigenvalue weighted by Gasteiger charge is -2.16. The Balaban J connectivity index is 2.19. The smallest absolute Gasteiger partial charge is 0.336 e. The Morgan fingerprint density at radius 1 is 1.24 bits per heavy atom. The number of benzene rings is 2. The van der Waals surface area contributed by atoms with E-state index in [-0.39, 0.29) is 11.0 Å². The van der Waals surface area contributed by atoms with Gasteiger partial charge in [-0.3, -0.25) is 0 Å². The molecule has 1 aliphatic rings. The zero-order valence-electron chi connectivity index (χ0n) is 11.8. The minimum absolute atomic E-state index is 0.0761. The van der Waals surface area contributed by atoms with E-state index in [1.807, 2.05) is 18.2 Å². The van der Waals surface area contributed by atoms with Crippen LogP contribution in [0.1, 0.15) is 29.8 Å². The average Bonchev–Trinajstić information content (AvgIpc) is 2.74. The number of rotatable bonds is 2. The summed E-state index contributed by atoms with van der Waals surface area (Å²) in [5.74, 6) is -0.0969. The van der Waals surface area contributed by atoms with Crippen molar-refractivity contribution in [3.63, 3.8) is 0 Å². The minimum Gasteiger partial charge on any atom is -0.492 e. The number of ether oxygens (including phenoxy) is 1. The van der Waals surface area contributed by atoms with Gasteiger partial charge in [0.25, 0.3) is 0 Å². The summed E-state index contributed by atoms with van der Waals surface area (Å²) in [7, 11) is 0. The van der Waals surface area contributed by atoms with Gasteiger partial charge in [-0.05, 0) is 41.5 Å². The summed E-state index contributed by atoms with van der Waals surface area (Å²) in [6.07, 6.45) is 0. The van der Waals surface area contributed by atoms with Gasteiger partial charge in [-0.1, -0.05) is 31.5 Å². The van der Waals surface area contributed by atoms with Crippen LogP contribution in [0.4, 0.5) is 0 Å². The lowest BCUT2D eigenvalue weighted by Crippen LogP contribution is -2.18. The Morgan fingerprint density at radius 3 is 2.71 bits per heavy atom. The number of halogens is 1. The molecule has 0 radical (unpaired) electrons.